The van der Waals surface area contributed by atoms with Crippen LogP contribution >= 0.6 is 15.9 Å². The second-order valence-electron chi connectivity index (χ2n) is 4.47. The summed E-state index contributed by atoms with van der Waals surface area (Å²) in [5, 5.41) is 2.71. The summed E-state index contributed by atoms with van der Waals surface area (Å²) in [5.74, 6) is -0.696. The van der Waals surface area contributed by atoms with Crippen molar-refractivity contribution in [3.63, 3.8) is 0 Å². The van der Waals surface area contributed by atoms with Crippen LogP contribution in [-0.4, -0.2) is 23.3 Å². The molecule has 1 amide bonds. The minimum Gasteiger partial charge on any atom is -0.465 e. The van der Waals surface area contributed by atoms with E-state index >= 15 is 0 Å². The van der Waals surface area contributed by atoms with Crippen LogP contribution in [0.1, 0.15) is 29.8 Å². The Hall–Kier alpha value is -1.36. The molecule has 5 heteroatoms. The molecule has 0 spiro atoms. The van der Waals surface area contributed by atoms with Crippen molar-refractivity contribution >= 4 is 33.5 Å². The fraction of sp³-hybridized carbons (Fsp3) is 0.385. The molecule has 0 unspecified atom stereocenters. The molecule has 18 heavy (non-hydrogen) atoms. The summed E-state index contributed by atoms with van der Waals surface area (Å²) >= 11 is 3.27. The maximum absolute atomic E-state index is 11.9. The van der Waals surface area contributed by atoms with Crippen LogP contribution < -0.4 is 5.32 Å². The third-order valence-corrected chi connectivity index (χ3v) is 2.73. The largest absolute Gasteiger partial charge is 0.465 e. The van der Waals surface area contributed by atoms with Gasteiger partial charge in [0.15, 0.2) is 0 Å². The molecule has 0 aliphatic heterocycles. The third-order valence-electron chi connectivity index (χ3n) is 2.37. The number of hydrogen-bond acceptors (Lipinski definition) is 3. The van der Waals surface area contributed by atoms with Crippen LogP contribution in [0, 0.1) is 6.92 Å². The van der Waals surface area contributed by atoms with E-state index in [4.69, 9.17) is 4.74 Å². The molecule has 0 bridgehead atoms. The fourth-order valence-electron chi connectivity index (χ4n) is 1.32. The second-order valence-corrected chi connectivity index (χ2v) is 6.45. The van der Waals surface area contributed by atoms with Crippen LogP contribution in [0.25, 0.3) is 0 Å². The molecule has 1 aromatic rings. The first-order chi connectivity index (χ1) is 8.25. The number of rotatable bonds is 3. The van der Waals surface area contributed by atoms with Crippen molar-refractivity contribution in [1.82, 2.24) is 0 Å². The molecule has 98 valence electrons. The van der Waals surface area contributed by atoms with Gasteiger partial charge in [0.1, 0.15) is 0 Å². The van der Waals surface area contributed by atoms with E-state index in [-0.39, 0.29) is 5.91 Å². The summed E-state index contributed by atoms with van der Waals surface area (Å²) in [5.41, 5.74) is 1.72. The molecule has 1 rings (SSSR count). The van der Waals surface area contributed by atoms with Crippen LogP contribution in [0.3, 0.4) is 0 Å². The van der Waals surface area contributed by atoms with Crippen molar-refractivity contribution in [3.8, 4) is 0 Å². The van der Waals surface area contributed by atoms with Gasteiger partial charge in [-0.1, -0.05) is 27.6 Å². The highest BCUT2D eigenvalue weighted by molar-refractivity contribution is 9.10. The smallest absolute Gasteiger partial charge is 0.339 e. The number of esters is 1. The predicted octanol–water partition coefficient (Wildman–Crippen LogP) is 2.89. The topological polar surface area (TPSA) is 55.4 Å². The van der Waals surface area contributed by atoms with Gasteiger partial charge in [-0.05, 0) is 32.9 Å². The number of carbonyl (C=O) groups excluding carboxylic acids is 2. The maximum atomic E-state index is 11.9. The van der Waals surface area contributed by atoms with Crippen LogP contribution in [-0.2, 0) is 9.53 Å². The molecule has 0 aliphatic rings. The van der Waals surface area contributed by atoms with Crippen molar-refractivity contribution in [2.24, 2.45) is 0 Å². The molecule has 0 aliphatic carbocycles. The van der Waals surface area contributed by atoms with Gasteiger partial charge < -0.3 is 10.1 Å². The zero-order valence-corrected chi connectivity index (χ0v) is 12.4. The van der Waals surface area contributed by atoms with Gasteiger partial charge in [-0.2, -0.15) is 0 Å². The summed E-state index contributed by atoms with van der Waals surface area (Å²) in [6.45, 7) is 5.33. The quantitative estimate of drug-likeness (QED) is 0.689. The Labute approximate surface area is 115 Å². The Morgan fingerprint density at radius 2 is 1.94 bits per heavy atom. The molecule has 0 heterocycles. The SMILES string of the molecule is COC(=O)c1cc(C)ccc1NC(=O)C(C)(C)Br. The Morgan fingerprint density at radius 1 is 1.33 bits per heavy atom. The molecular formula is C13H16BrNO3. The summed E-state index contributed by atoms with van der Waals surface area (Å²) in [4.78, 5) is 23.5. The zero-order valence-electron chi connectivity index (χ0n) is 10.8. The van der Waals surface area contributed by atoms with Gasteiger partial charge in [0.05, 0.1) is 22.7 Å². The van der Waals surface area contributed by atoms with Crippen LogP contribution in [0.15, 0.2) is 18.2 Å². The molecule has 1 N–H and O–H groups in total. The van der Waals surface area contributed by atoms with Crippen LogP contribution in [0.5, 0.6) is 0 Å². The molecule has 0 radical (unpaired) electrons. The monoisotopic (exact) mass is 313 g/mol. The molecule has 0 saturated heterocycles. The van der Waals surface area contributed by atoms with Gasteiger partial charge in [-0.3, -0.25) is 4.79 Å². The maximum Gasteiger partial charge on any atom is 0.339 e. The Kier molecular flexibility index (Phi) is 4.51. The van der Waals surface area contributed by atoms with Gasteiger partial charge in [0, 0.05) is 0 Å². The lowest BCUT2D eigenvalue weighted by atomic mass is 10.1. The number of carbonyl (C=O) groups is 2. The molecule has 0 saturated carbocycles. The lowest BCUT2D eigenvalue weighted by molar-refractivity contribution is -0.117. The first-order valence-corrected chi connectivity index (χ1v) is 6.24. The van der Waals surface area contributed by atoms with Gasteiger partial charge >= 0.3 is 5.97 Å². The molecule has 1 aromatic carbocycles. The number of hydrogen-bond donors (Lipinski definition) is 1. The van der Waals surface area contributed by atoms with Crippen molar-refractivity contribution in [2.75, 3.05) is 12.4 Å². The Morgan fingerprint density at radius 3 is 2.44 bits per heavy atom. The Bertz CT molecular complexity index is 478. The minimum absolute atomic E-state index is 0.225. The number of amides is 1. The second kappa shape index (κ2) is 5.52. The summed E-state index contributed by atoms with van der Waals surface area (Å²) in [6, 6.07) is 5.20. The average Bonchev–Trinajstić information content (AvgIpc) is 2.29. The van der Waals surface area contributed by atoms with E-state index in [0.717, 1.165) is 5.56 Å². The van der Waals surface area contributed by atoms with Crippen LogP contribution in [0.4, 0.5) is 5.69 Å². The number of anilines is 1. The number of aryl methyl sites for hydroxylation is 1. The van der Waals surface area contributed by atoms with Crippen molar-refractivity contribution in [3.05, 3.63) is 29.3 Å². The minimum atomic E-state index is -0.703. The van der Waals surface area contributed by atoms with E-state index in [1.165, 1.54) is 7.11 Å². The first kappa shape index (κ1) is 14.7. The van der Waals surface area contributed by atoms with Gasteiger partial charge in [0.2, 0.25) is 5.91 Å². The predicted molar refractivity (Wildman–Crippen MR) is 74.2 cm³/mol. The summed E-state index contributed by atoms with van der Waals surface area (Å²) < 4.78 is 3.99. The first-order valence-electron chi connectivity index (χ1n) is 5.45. The number of halogens is 1. The van der Waals surface area contributed by atoms with E-state index in [1.807, 2.05) is 13.0 Å². The lowest BCUT2D eigenvalue weighted by Crippen LogP contribution is -2.31. The zero-order chi connectivity index (χ0) is 13.9. The van der Waals surface area contributed by atoms with Crippen molar-refractivity contribution in [2.45, 2.75) is 25.1 Å². The number of benzene rings is 1. The fourth-order valence-corrected chi connectivity index (χ4v) is 1.42. The standard InChI is InChI=1S/C13H16BrNO3/c1-8-5-6-10(9(7-8)11(16)18-4)15-12(17)13(2,3)14/h5-7H,1-4H3,(H,15,17). The third kappa shape index (κ3) is 3.57. The van der Waals surface area contributed by atoms with Gasteiger partial charge in [-0.25, -0.2) is 4.79 Å². The van der Waals surface area contributed by atoms with E-state index in [0.29, 0.717) is 11.3 Å². The Balaban J connectivity index is 3.09. The molecule has 4 nitrogen and oxygen atoms in total. The van der Waals surface area contributed by atoms with E-state index in [1.54, 1.807) is 26.0 Å². The highest BCUT2D eigenvalue weighted by Gasteiger charge is 2.25. The van der Waals surface area contributed by atoms with Crippen LogP contribution in [0.2, 0.25) is 0 Å². The number of ether oxygens (including phenoxy) is 1. The highest BCUT2D eigenvalue weighted by Crippen LogP contribution is 2.22. The highest BCUT2D eigenvalue weighted by atomic mass is 79.9. The number of methoxy groups -OCH3 is 1. The van der Waals surface area contributed by atoms with Crippen molar-refractivity contribution in [1.29, 1.82) is 0 Å². The molecule has 0 aromatic heterocycles. The molecule has 0 atom stereocenters. The van der Waals surface area contributed by atoms with Gasteiger partial charge in [-0.15, -0.1) is 0 Å². The van der Waals surface area contributed by atoms with E-state index < -0.39 is 10.3 Å². The van der Waals surface area contributed by atoms with Gasteiger partial charge in [0.25, 0.3) is 0 Å². The molecular weight excluding hydrogens is 298 g/mol. The average molecular weight is 314 g/mol. The normalized spacial score (nSPS) is 10.9. The van der Waals surface area contributed by atoms with Crippen molar-refractivity contribution < 1.29 is 14.3 Å². The lowest BCUT2D eigenvalue weighted by Gasteiger charge is -2.17. The summed E-state index contributed by atoms with van der Waals surface area (Å²) in [7, 11) is 1.31. The summed E-state index contributed by atoms with van der Waals surface area (Å²) in [6.07, 6.45) is 0. The molecule has 0 fully saturated rings. The number of nitrogens with one attached hydrogen (secondary N) is 1. The van der Waals surface area contributed by atoms with E-state index in [9.17, 15) is 9.59 Å². The van der Waals surface area contributed by atoms with E-state index in [2.05, 4.69) is 21.2 Å². The number of alkyl halides is 1.